The predicted molar refractivity (Wildman–Crippen MR) is 55.6 cm³/mol. The van der Waals surface area contributed by atoms with E-state index in [1.807, 2.05) is 0 Å². The highest BCUT2D eigenvalue weighted by atomic mass is 31.1. The molecule has 0 spiro atoms. The molecule has 0 saturated heterocycles. The summed E-state index contributed by atoms with van der Waals surface area (Å²) < 4.78 is 10.5. The minimum Gasteiger partial charge on any atom is -0.300 e. The summed E-state index contributed by atoms with van der Waals surface area (Å²) in [6.45, 7) is 9.60. The minimum absolute atomic E-state index is 0.248. The van der Waals surface area contributed by atoms with Crippen LogP contribution in [-0.2, 0) is 4.57 Å². The summed E-state index contributed by atoms with van der Waals surface area (Å²) in [5.74, 6) is 0.859. The molecule has 4 heteroatoms. The Morgan fingerprint density at radius 3 is 1.77 bits per heavy atom. The van der Waals surface area contributed by atoms with Crippen LogP contribution in [0.4, 0.5) is 4.79 Å². The fourth-order valence-corrected chi connectivity index (χ4v) is 1.50. The SMILES string of the molecule is CC(C)CN(CC(C)C)C(=O)[PH+]=O. The molecule has 0 aliphatic carbocycles. The average Bonchev–Trinajstić information content (AvgIpc) is 2.00. The molecule has 1 amide bonds. The van der Waals surface area contributed by atoms with Gasteiger partial charge < -0.3 is 0 Å². The van der Waals surface area contributed by atoms with Gasteiger partial charge in [-0.2, -0.15) is 0 Å². The lowest BCUT2D eigenvalue weighted by Gasteiger charge is -2.20. The molecule has 0 aliphatic heterocycles. The van der Waals surface area contributed by atoms with E-state index < -0.39 is 8.46 Å². The van der Waals surface area contributed by atoms with Crippen LogP contribution < -0.4 is 0 Å². The summed E-state index contributed by atoms with van der Waals surface area (Å²) in [5, 5.41) is 0. The maximum absolute atomic E-state index is 11.2. The van der Waals surface area contributed by atoms with Crippen molar-refractivity contribution in [3.8, 4) is 0 Å². The van der Waals surface area contributed by atoms with E-state index in [0.717, 1.165) is 0 Å². The zero-order chi connectivity index (χ0) is 10.4. The van der Waals surface area contributed by atoms with Crippen molar-refractivity contribution in [1.29, 1.82) is 0 Å². The number of rotatable bonds is 5. The smallest absolute Gasteiger partial charge is 0.300 e. The van der Waals surface area contributed by atoms with Crippen LogP contribution in [0.15, 0.2) is 0 Å². The number of hydrogen-bond donors (Lipinski definition) is 0. The maximum Gasteiger partial charge on any atom is 0.460 e. The minimum atomic E-state index is -0.852. The van der Waals surface area contributed by atoms with Gasteiger partial charge in [0.15, 0.2) is 0 Å². The first-order valence-corrected chi connectivity index (χ1v) is 5.55. The van der Waals surface area contributed by atoms with E-state index in [9.17, 15) is 9.36 Å². The number of amides is 1. The largest absolute Gasteiger partial charge is 0.460 e. The van der Waals surface area contributed by atoms with Crippen molar-refractivity contribution in [3.05, 3.63) is 0 Å². The molecule has 0 bridgehead atoms. The van der Waals surface area contributed by atoms with Crippen LogP contribution in [0.1, 0.15) is 27.7 Å². The van der Waals surface area contributed by atoms with Gasteiger partial charge in [0.2, 0.25) is 0 Å². The van der Waals surface area contributed by atoms with Crippen molar-refractivity contribution in [3.63, 3.8) is 0 Å². The molecule has 0 fully saturated rings. The summed E-state index contributed by atoms with van der Waals surface area (Å²) in [4.78, 5) is 12.9. The fourth-order valence-electron chi connectivity index (χ4n) is 1.19. The maximum atomic E-state index is 11.2. The molecule has 0 N–H and O–H groups in total. The Morgan fingerprint density at radius 2 is 1.54 bits per heavy atom. The van der Waals surface area contributed by atoms with Gasteiger partial charge >= 0.3 is 14.1 Å². The Morgan fingerprint density at radius 1 is 1.15 bits per heavy atom. The van der Waals surface area contributed by atoms with Gasteiger partial charge in [-0.15, -0.1) is 0 Å². The predicted octanol–water partition coefficient (Wildman–Crippen LogP) is 2.74. The first kappa shape index (κ1) is 12.6. The first-order valence-electron chi connectivity index (χ1n) is 4.64. The highest BCUT2D eigenvalue weighted by Crippen LogP contribution is 2.10. The van der Waals surface area contributed by atoms with Crippen LogP contribution in [0.5, 0.6) is 0 Å². The van der Waals surface area contributed by atoms with Crippen molar-refractivity contribution in [2.24, 2.45) is 11.8 Å². The Balaban J connectivity index is 4.18. The first-order chi connectivity index (χ1) is 5.97. The van der Waals surface area contributed by atoms with Crippen LogP contribution in [0.3, 0.4) is 0 Å². The topological polar surface area (TPSA) is 37.4 Å². The zero-order valence-corrected chi connectivity index (χ0v) is 9.83. The molecule has 0 saturated carbocycles. The lowest BCUT2D eigenvalue weighted by atomic mass is 10.1. The molecule has 0 aliphatic rings. The third kappa shape index (κ3) is 5.75. The second-order valence-electron chi connectivity index (χ2n) is 4.10. The van der Waals surface area contributed by atoms with Crippen LogP contribution in [0, 0.1) is 11.8 Å². The van der Waals surface area contributed by atoms with Crippen molar-refractivity contribution in [2.45, 2.75) is 27.7 Å². The molecule has 1 unspecified atom stereocenters. The second kappa shape index (κ2) is 6.09. The summed E-state index contributed by atoms with van der Waals surface area (Å²) in [6, 6.07) is 0. The second-order valence-corrected chi connectivity index (χ2v) is 4.73. The van der Waals surface area contributed by atoms with E-state index in [4.69, 9.17) is 0 Å². The van der Waals surface area contributed by atoms with E-state index in [1.165, 1.54) is 0 Å². The number of carbonyl (C=O) groups is 1. The highest BCUT2D eigenvalue weighted by molar-refractivity contribution is 7.45. The molecule has 0 radical (unpaired) electrons. The monoisotopic (exact) mass is 204 g/mol. The Hall–Kier alpha value is -0.430. The summed E-state index contributed by atoms with van der Waals surface area (Å²) in [7, 11) is -0.852. The van der Waals surface area contributed by atoms with Gasteiger partial charge in [0.1, 0.15) is 0 Å². The molecule has 13 heavy (non-hydrogen) atoms. The van der Waals surface area contributed by atoms with Gasteiger partial charge in [-0.1, -0.05) is 32.3 Å². The lowest BCUT2D eigenvalue weighted by molar-refractivity contribution is 0.206. The molecule has 3 nitrogen and oxygen atoms in total. The number of nitrogens with zero attached hydrogens (tertiary/aromatic N) is 1. The fraction of sp³-hybridized carbons (Fsp3) is 0.889. The van der Waals surface area contributed by atoms with Gasteiger partial charge in [-0.3, -0.25) is 4.90 Å². The zero-order valence-electron chi connectivity index (χ0n) is 8.83. The van der Waals surface area contributed by atoms with E-state index in [1.54, 1.807) is 4.90 Å². The van der Waals surface area contributed by atoms with Gasteiger partial charge in [-0.05, 0) is 11.8 Å². The normalized spacial score (nSPS) is 11.2. The van der Waals surface area contributed by atoms with Crippen LogP contribution in [0.25, 0.3) is 0 Å². The number of carbonyl (C=O) groups excluding carboxylic acids is 1. The van der Waals surface area contributed by atoms with E-state index in [2.05, 4.69) is 27.7 Å². The molecular formula is C9H19NO2P+. The lowest BCUT2D eigenvalue weighted by Crippen LogP contribution is -2.33. The molecule has 0 aromatic heterocycles. The van der Waals surface area contributed by atoms with Gasteiger partial charge in [0.05, 0.1) is 0 Å². The Kier molecular flexibility index (Phi) is 5.89. The average molecular weight is 204 g/mol. The third-order valence-electron chi connectivity index (χ3n) is 1.55. The van der Waals surface area contributed by atoms with Crippen molar-refractivity contribution in [2.75, 3.05) is 13.1 Å². The van der Waals surface area contributed by atoms with E-state index in [0.29, 0.717) is 24.9 Å². The molecule has 1 atom stereocenters. The Bertz CT molecular complexity index is 170. The van der Waals surface area contributed by atoms with Crippen LogP contribution >= 0.6 is 8.46 Å². The van der Waals surface area contributed by atoms with Crippen molar-refractivity contribution in [1.82, 2.24) is 4.90 Å². The molecule has 0 aromatic carbocycles. The highest BCUT2D eigenvalue weighted by Gasteiger charge is 2.21. The van der Waals surface area contributed by atoms with Crippen molar-refractivity contribution >= 4 is 14.1 Å². The number of hydrogen-bond acceptors (Lipinski definition) is 2. The van der Waals surface area contributed by atoms with Gasteiger partial charge in [-0.25, -0.2) is 4.79 Å². The van der Waals surface area contributed by atoms with E-state index in [-0.39, 0.29) is 5.65 Å². The van der Waals surface area contributed by atoms with Crippen LogP contribution in [0.2, 0.25) is 0 Å². The van der Waals surface area contributed by atoms with Gasteiger partial charge in [0.25, 0.3) is 0 Å². The standard InChI is InChI=1S/C9H18NO2P/c1-7(2)5-10(6-8(3)4)9(11)13-12/h7-8H,5-6H2,1-4H3/p+1. The quantitative estimate of drug-likeness (QED) is 0.646. The molecule has 0 rings (SSSR count). The van der Waals surface area contributed by atoms with Gasteiger partial charge in [0, 0.05) is 13.1 Å². The molecular weight excluding hydrogens is 185 g/mol. The third-order valence-corrected chi connectivity index (χ3v) is 2.04. The summed E-state index contributed by atoms with van der Waals surface area (Å²) in [6.07, 6.45) is 0. The summed E-state index contributed by atoms with van der Waals surface area (Å²) >= 11 is 0. The molecule has 0 heterocycles. The molecule has 76 valence electrons. The molecule has 0 aromatic rings. The van der Waals surface area contributed by atoms with Crippen LogP contribution in [-0.4, -0.2) is 23.6 Å². The van der Waals surface area contributed by atoms with Crippen molar-refractivity contribution < 1.29 is 9.36 Å². The summed E-state index contributed by atoms with van der Waals surface area (Å²) in [5.41, 5.74) is -0.248. The Labute approximate surface area is 81.7 Å². The van der Waals surface area contributed by atoms with E-state index >= 15 is 0 Å².